The van der Waals surface area contributed by atoms with E-state index in [0.29, 0.717) is 18.8 Å². The van der Waals surface area contributed by atoms with Gasteiger partial charge in [-0.15, -0.1) is 11.6 Å². The maximum atomic E-state index is 12.5. The van der Waals surface area contributed by atoms with Gasteiger partial charge in [0.1, 0.15) is 4.90 Å². The summed E-state index contributed by atoms with van der Waals surface area (Å²) in [4.78, 5) is 4.15. The van der Waals surface area contributed by atoms with Crippen LogP contribution in [-0.4, -0.2) is 36.2 Å². The highest BCUT2D eigenvalue weighted by molar-refractivity contribution is 7.89. The minimum absolute atomic E-state index is 0.137. The summed E-state index contributed by atoms with van der Waals surface area (Å²) < 4.78 is 26.6. The quantitative estimate of drug-likeness (QED) is 0.755. The first kappa shape index (κ1) is 13.8. The summed E-state index contributed by atoms with van der Waals surface area (Å²) in [5.41, 5.74) is 0. The van der Waals surface area contributed by atoms with Crippen LogP contribution >= 0.6 is 11.6 Å². The second kappa shape index (κ2) is 5.99. The molecule has 2 rings (SSSR count). The lowest BCUT2D eigenvalue weighted by Crippen LogP contribution is -2.44. The molecule has 1 heterocycles. The molecule has 18 heavy (non-hydrogen) atoms. The smallest absolute Gasteiger partial charge is 0.244 e. The molecule has 0 spiro atoms. The highest BCUT2D eigenvalue weighted by Gasteiger charge is 2.34. The Morgan fingerprint density at radius 2 is 2.22 bits per heavy atom. The third kappa shape index (κ3) is 2.84. The Morgan fingerprint density at radius 1 is 1.44 bits per heavy atom. The molecule has 0 radical (unpaired) electrons. The number of hydrogen-bond donors (Lipinski definition) is 0. The Kier molecular flexibility index (Phi) is 4.59. The van der Waals surface area contributed by atoms with Gasteiger partial charge in [0.15, 0.2) is 0 Å². The maximum Gasteiger partial charge on any atom is 0.244 e. The third-order valence-electron chi connectivity index (χ3n) is 3.24. The fourth-order valence-corrected chi connectivity index (χ4v) is 3.83. The Labute approximate surface area is 113 Å². The molecule has 1 aromatic rings. The van der Waals surface area contributed by atoms with E-state index in [9.17, 15) is 8.42 Å². The molecule has 0 saturated heterocycles. The second-order valence-corrected chi connectivity index (χ2v) is 6.70. The molecule has 1 aliphatic rings. The van der Waals surface area contributed by atoms with Crippen molar-refractivity contribution in [1.82, 2.24) is 9.29 Å². The van der Waals surface area contributed by atoms with Gasteiger partial charge in [0, 0.05) is 30.9 Å². The van der Waals surface area contributed by atoms with Crippen LogP contribution in [0.3, 0.4) is 0 Å². The summed E-state index contributed by atoms with van der Waals surface area (Å²) in [6.07, 6.45) is 6.65. The Hall–Kier alpha value is -0.650. The Morgan fingerprint density at radius 3 is 2.72 bits per heavy atom. The van der Waals surface area contributed by atoms with Crippen molar-refractivity contribution in [1.29, 1.82) is 0 Å². The standard InChI is InChI=1S/C12H17ClN2O2S/c13-7-3-9-15(11-4-1-5-11)18(16,17)12-6-2-8-14-10-12/h2,6,8,10-11H,1,3-5,7,9H2. The number of halogens is 1. The monoisotopic (exact) mass is 288 g/mol. The third-order valence-corrected chi connectivity index (χ3v) is 5.44. The van der Waals surface area contributed by atoms with Crippen molar-refractivity contribution >= 4 is 21.6 Å². The first-order valence-electron chi connectivity index (χ1n) is 6.14. The molecule has 1 saturated carbocycles. The summed E-state index contributed by atoms with van der Waals surface area (Å²) in [6, 6.07) is 3.38. The van der Waals surface area contributed by atoms with Gasteiger partial charge >= 0.3 is 0 Å². The summed E-state index contributed by atoms with van der Waals surface area (Å²) in [7, 11) is -3.42. The van der Waals surface area contributed by atoms with Crippen molar-refractivity contribution in [3.63, 3.8) is 0 Å². The van der Waals surface area contributed by atoms with Gasteiger partial charge in [0.2, 0.25) is 10.0 Å². The van der Waals surface area contributed by atoms with E-state index in [1.165, 1.54) is 6.20 Å². The number of rotatable bonds is 6. The molecule has 1 aliphatic carbocycles. The first-order valence-corrected chi connectivity index (χ1v) is 8.11. The van der Waals surface area contributed by atoms with Crippen molar-refractivity contribution in [3.05, 3.63) is 24.5 Å². The van der Waals surface area contributed by atoms with E-state index in [0.717, 1.165) is 19.3 Å². The molecule has 1 fully saturated rings. The molecule has 6 heteroatoms. The van der Waals surface area contributed by atoms with Crippen LogP contribution in [0.2, 0.25) is 0 Å². The van der Waals surface area contributed by atoms with E-state index in [2.05, 4.69) is 4.98 Å². The zero-order chi connectivity index (χ0) is 13.0. The van der Waals surface area contributed by atoms with E-state index in [1.54, 1.807) is 22.6 Å². The first-order chi connectivity index (χ1) is 8.66. The van der Waals surface area contributed by atoms with E-state index < -0.39 is 10.0 Å². The SMILES string of the molecule is O=S(=O)(c1cccnc1)N(CCCCl)C1CCC1. The van der Waals surface area contributed by atoms with Gasteiger partial charge in [-0.25, -0.2) is 8.42 Å². The second-order valence-electron chi connectivity index (χ2n) is 4.43. The van der Waals surface area contributed by atoms with Gasteiger partial charge in [-0.3, -0.25) is 4.98 Å². The van der Waals surface area contributed by atoms with Gasteiger partial charge in [-0.1, -0.05) is 6.42 Å². The Balaban J connectivity index is 2.23. The van der Waals surface area contributed by atoms with E-state index in [1.807, 2.05) is 0 Å². The van der Waals surface area contributed by atoms with Crippen molar-refractivity contribution < 1.29 is 8.42 Å². The molecule has 0 aromatic carbocycles. The summed E-state index contributed by atoms with van der Waals surface area (Å²) in [6.45, 7) is 0.491. The summed E-state index contributed by atoms with van der Waals surface area (Å²) in [5, 5.41) is 0. The molecule has 0 unspecified atom stereocenters. The zero-order valence-electron chi connectivity index (χ0n) is 10.1. The lowest BCUT2D eigenvalue weighted by atomic mass is 9.93. The van der Waals surface area contributed by atoms with Crippen molar-refractivity contribution in [2.24, 2.45) is 0 Å². The zero-order valence-corrected chi connectivity index (χ0v) is 11.7. The van der Waals surface area contributed by atoms with Gasteiger partial charge in [-0.05, 0) is 31.4 Å². The molecule has 0 aliphatic heterocycles. The Bertz CT molecular complexity index is 474. The van der Waals surface area contributed by atoms with Crippen LogP contribution in [0.25, 0.3) is 0 Å². The average Bonchev–Trinajstić information content (AvgIpc) is 2.33. The van der Waals surface area contributed by atoms with Crippen LogP contribution in [-0.2, 0) is 10.0 Å². The fraction of sp³-hybridized carbons (Fsp3) is 0.583. The van der Waals surface area contributed by atoms with Crippen LogP contribution in [0.15, 0.2) is 29.4 Å². The lowest BCUT2D eigenvalue weighted by molar-refractivity contribution is 0.220. The normalized spacial score (nSPS) is 16.8. The van der Waals surface area contributed by atoms with Crippen LogP contribution in [0, 0.1) is 0 Å². The van der Waals surface area contributed by atoms with Crippen molar-refractivity contribution in [2.75, 3.05) is 12.4 Å². The van der Waals surface area contributed by atoms with E-state index in [-0.39, 0.29) is 10.9 Å². The number of aromatic nitrogens is 1. The predicted molar refractivity (Wildman–Crippen MR) is 71.1 cm³/mol. The van der Waals surface area contributed by atoms with Gasteiger partial charge in [-0.2, -0.15) is 4.31 Å². The van der Waals surface area contributed by atoms with Crippen LogP contribution < -0.4 is 0 Å². The van der Waals surface area contributed by atoms with Gasteiger partial charge in [0.05, 0.1) is 0 Å². The minimum atomic E-state index is -3.42. The summed E-state index contributed by atoms with van der Waals surface area (Å²) >= 11 is 5.67. The molecule has 4 nitrogen and oxygen atoms in total. The van der Waals surface area contributed by atoms with Gasteiger partial charge in [0.25, 0.3) is 0 Å². The predicted octanol–water partition coefficient (Wildman–Crippen LogP) is 2.25. The molecular formula is C12H17ClN2O2S. The van der Waals surface area contributed by atoms with Crippen LogP contribution in [0.5, 0.6) is 0 Å². The van der Waals surface area contributed by atoms with Crippen LogP contribution in [0.4, 0.5) is 0 Å². The number of sulfonamides is 1. The number of hydrogen-bond acceptors (Lipinski definition) is 3. The largest absolute Gasteiger partial charge is 0.263 e. The fourth-order valence-electron chi connectivity index (χ4n) is 2.02. The number of nitrogens with zero attached hydrogens (tertiary/aromatic N) is 2. The molecule has 0 amide bonds. The molecule has 0 atom stereocenters. The number of pyridine rings is 1. The van der Waals surface area contributed by atoms with Crippen molar-refractivity contribution in [3.8, 4) is 0 Å². The topological polar surface area (TPSA) is 50.3 Å². The average molecular weight is 289 g/mol. The van der Waals surface area contributed by atoms with Gasteiger partial charge < -0.3 is 0 Å². The molecule has 0 bridgehead atoms. The lowest BCUT2D eigenvalue weighted by Gasteiger charge is -2.36. The van der Waals surface area contributed by atoms with Crippen LogP contribution in [0.1, 0.15) is 25.7 Å². The number of alkyl halides is 1. The molecule has 1 aromatic heterocycles. The van der Waals surface area contributed by atoms with E-state index >= 15 is 0 Å². The molecule has 0 N–H and O–H groups in total. The summed E-state index contributed by atoms with van der Waals surface area (Å²) in [5.74, 6) is 0.478. The maximum absolute atomic E-state index is 12.5. The van der Waals surface area contributed by atoms with Crippen molar-refractivity contribution in [2.45, 2.75) is 36.6 Å². The highest BCUT2D eigenvalue weighted by Crippen LogP contribution is 2.29. The minimum Gasteiger partial charge on any atom is -0.263 e. The highest BCUT2D eigenvalue weighted by atomic mass is 35.5. The molecular weight excluding hydrogens is 272 g/mol. The van der Waals surface area contributed by atoms with E-state index in [4.69, 9.17) is 11.6 Å². The molecule has 100 valence electrons.